The predicted octanol–water partition coefficient (Wildman–Crippen LogP) is 1.34. The number of fused-ring (bicyclic) bond motifs is 3. The van der Waals surface area contributed by atoms with Crippen molar-refractivity contribution in [2.24, 2.45) is 0 Å². The van der Waals surface area contributed by atoms with Gasteiger partial charge < -0.3 is 0 Å². The van der Waals surface area contributed by atoms with Crippen molar-refractivity contribution >= 4 is 0 Å². The second-order valence-corrected chi connectivity index (χ2v) is 3.44. The highest BCUT2D eigenvalue weighted by Gasteiger charge is 2.19. The summed E-state index contributed by atoms with van der Waals surface area (Å²) in [5, 5.41) is 6.53. The fraction of sp³-hybridized carbons (Fsp3) is 0.0909. The molecule has 0 atom stereocenters. The molecular weight excluding hydrogens is 176 g/mol. The van der Waals surface area contributed by atoms with Crippen molar-refractivity contribution < 1.29 is 0 Å². The zero-order valence-corrected chi connectivity index (χ0v) is 7.45. The summed E-state index contributed by atoms with van der Waals surface area (Å²) < 4.78 is 0. The Labute approximate surface area is 80.4 Å². The third-order valence-corrected chi connectivity index (χ3v) is 2.54. The van der Waals surface area contributed by atoms with Gasteiger partial charge >= 0.3 is 0 Å². The molecule has 1 aliphatic rings. The first-order valence-electron chi connectivity index (χ1n) is 4.51. The number of hydrogen-bond donors (Lipinski definition) is 1. The van der Waals surface area contributed by atoms with Crippen LogP contribution in [0.4, 0.5) is 0 Å². The van der Waals surface area contributed by atoms with E-state index >= 15 is 0 Å². The van der Waals surface area contributed by atoms with E-state index in [1.165, 1.54) is 5.56 Å². The topological polar surface area (TPSA) is 45.8 Å². The molecule has 0 saturated heterocycles. The summed E-state index contributed by atoms with van der Waals surface area (Å²) in [6, 6.07) is 9.73. The quantitative estimate of drug-likeness (QED) is 0.573. The molecule has 0 fully saturated rings. The summed E-state index contributed by atoms with van der Waals surface area (Å²) >= 11 is 0. The lowest BCUT2D eigenvalue weighted by Crippen LogP contribution is -2.07. The molecule has 1 N–H and O–H groups in total. The van der Waals surface area contributed by atoms with Crippen molar-refractivity contribution in [3.05, 3.63) is 51.8 Å². The van der Waals surface area contributed by atoms with Crippen molar-refractivity contribution in [2.75, 3.05) is 0 Å². The van der Waals surface area contributed by atoms with E-state index in [1.807, 2.05) is 18.2 Å². The van der Waals surface area contributed by atoms with Crippen LogP contribution >= 0.6 is 0 Å². The maximum Gasteiger partial charge on any atom is 0.264 e. The fourth-order valence-electron chi connectivity index (χ4n) is 1.92. The highest BCUT2D eigenvalue weighted by Crippen LogP contribution is 2.32. The second-order valence-electron chi connectivity index (χ2n) is 3.44. The SMILES string of the molecule is O=c1cc2c(n[nH]1)-c1ccccc1C2. The average Bonchev–Trinajstić information content (AvgIpc) is 2.54. The van der Waals surface area contributed by atoms with Gasteiger partial charge in [-0.05, 0) is 11.1 Å². The molecular formula is C11H8N2O. The Bertz CT molecular complexity index is 557. The van der Waals surface area contributed by atoms with E-state index < -0.39 is 0 Å². The Kier molecular flexibility index (Phi) is 1.36. The predicted molar refractivity (Wildman–Crippen MR) is 53.1 cm³/mol. The third kappa shape index (κ3) is 0.923. The molecule has 0 radical (unpaired) electrons. The van der Waals surface area contributed by atoms with Crippen LogP contribution in [0.5, 0.6) is 0 Å². The molecule has 2 aromatic rings. The lowest BCUT2D eigenvalue weighted by atomic mass is 10.1. The highest BCUT2D eigenvalue weighted by atomic mass is 16.1. The summed E-state index contributed by atoms with van der Waals surface area (Å²) in [5.74, 6) is 0. The van der Waals surface area contributed by atoms with E-state index in [0.717, 1.165) is 23.2 Å². The van der Waals surface area contributed by atoms with Gasteiger partial charge in [-0.1, -0.05) is 24.3 Å². The van der Waals surface area contributed by atoms with E-state index in [0.29, 0.717) is 0 Å². The highest BCUT2D eigenvalue weighted by molar-refractivity contribution is 5.72. The van der Waals surface area contributed by atoms with Crippen LogP contribution < -0.4 is 5.56 Å². The Hall–Kier alpha value is -1.90. The van der Waals surface area contributed by atoms with Crippen molar-refractivity contribution in [2.45, 2.75) is 6.42 Å². The van der Waals surface area contributed by atoms with Crippen molar-refractivity contribution in [3.63, 3.8) is 0 Å². The zero-order chi connectivity index (χ0) is 9.54. The zero-order valence-electron chi connectivity index (χ0n) is 7.45. The molecule has 0 saturated carbocycles. The minimum atomic E-state index is -0.128. The number of hydrogen-bond acceptors (Lipinski definition) is 2. The van der Waals surface area contributed by atoms with Gasteiger partial charge in [0.25, 0.3) is 5.56 Å². The monoisotopic (exact) mass is 184 g/mol. The van der Waals surface area contributed by atoms with Crippen LogP contribution in [-0.2, 0) is 6.42 Å². The van der Waals surface area contributed by atoms with Gasteiger partial charge in [-0.15, -0.1) is 0 Å². The van der Waals surface area contributed by atoms with Crippen LogP contribution in [0.15, 0.2) is 35.1 Å². The number of nitrogens with zero attached hydrogens (tertiary/aromatic N) is 1. The number of aromatic amines is 1. The molecule has 0 bridgehead atoms. The fourth-order valence-corrected chi connectivity index (χ4v) is 1.92. The summed E-state index contributed by atoms with van der Waals surface area (Å²) in [4.78, 5) is 11.1. The van der Waals surface area contributed by atoms with Gasteiger partial charge in [-0.2, -0.15) is 5.10 Å². The molecule has 68 valence electrons. The van der Waals surface area contributed by atoms with Crippen LogP contribution in [0.2, 0.25) is 0 Å². The van der Waals surface area contributed by atoms with Crippen LogP contribution in [0.3, 0.4) is 0 Å². The van der Waals surface area contributed by atoms with Crippen LogP contribution in [0, 0.1) is 0 Å². The van der Waals surface area contributed by atoms with Gasteiger partial charge in [-0.3, -0.25) is 4.79 Å². The summed E-state index contributed by atoms with van der Waals surface area (Å²) in [7, 11) is 0. The lowest BCUT2D eigenvalue weighted by molar-refractivity contribution is 0.983. The van der Waals surface area contributed by atoms with Gasteiger partial charge in [0.15, 0.2) is 0 Å². The van der Waals surface area contributed by atoms with Crippen LogP contribution in [0.1, 0.15) is 11.1 Å². The molecule has 1 aromatic heterocycles. The Morgan fingerprint density at radius 2 is 2.07 bits per heavy atom. The minimum absolute atomic E-state index is 0.128. The van der Waals surface area contributed by atoms with Gasteiger partial charge in [0.05, 0.1) is 5.69 Å². The van der Waals surface area contributed by atoms with Crippen molar-refractivity contribution in [1.82, 2.24) is 10.2 Å². The Morgan fingerprint density at radius 1 is 1.21 bits per heavy atom. The van der Waals surface area contributed by atoms with Crippen LogP contribution in [-0.4, -0.2) is 10.2 Å². The van der Waals surface area contributed by atoms with Gasteiger partial charge in [-0.25, -0.2) is 5.10 Å². The van der Waals surface area contributed by atoms with E-state index in [2.05, 4.69) is 16.3 Å². The standard InChI is InChI=1S/C11H8N2O/c14-10-6-8-5-7-3-1-2-4-9(7)11(8)13-12-10/h1-4,6H,5H2,(H,12,14). The molecule has 3 nitrogen and oxygen atoms in total. The van der Waals surface area contributed by atoms with Gasteiger partial charge in [0.2, 0.25) is 0 Å². The van der Waals surface area contributed by atoms with E-state index in [1.54, 1.807) is 6.07 Å². The normalized spacial score (nSPS) is 12.3. The number of aromatic nitrogens is 2. The summed E-state index contributed by atoms with van der Waals surface area (Å²) in [5.41, 5.74) is 4.19. The molecule has 14 heavy (non-hydrogen) atoms. The molecule has 3 rings (SSSR count). The number of nitrogens with one attached hydrogen (secondary N) is 1. The number of benzene rings is 1. The first kappa shape index (κ1) is 7.50. The molecule has 1 aromatic carbocycles. The van der Waals surface area contributed by atoms with Crippen LogP contribution in [0.25, 0.3) is 11.3 Å². The molecule has 0 aliphatic heterocycles. The summed E-state index contributed by atoms with van der Waals surface area (Å²) in [6.45, 7) is 0. The maximum absolute atomic E-state index is 11.1. The molecule has 0 amide bonds. The van der Waals surface area contributed by atoms with Crippen molar-refractivity contribution in [3.8, 4) is 11.3 Å². The lowest BCUT2D eigenvalue weighted by Gasteiger charge is -1.96. The smallest absolute Gasteiger partial charge is 0.264 e. The largest absolute Gasteiger partial charge is 0.268 e. The first-order valence-corrected chi connectivity index (χ1v) is 4.51. The van der Waals surface area contributed by atoms with Gasteiger partial charge in [0.1, 0.15) is 0 Å². The van der Waals surface area contributed by atoms with E-state index in [4.69, 9.17) is 0 Å². The van der Waals surface area contributed by atoms with E-state index in [-0.39, 0.29) is 5.56 Å². The third-order valence-electron chi connectivity index (χ3n) is 2.54. The first-order chi connectivity index (χ1) is 6.84. The van der Waals surface area contributed by atoms with Crippen molar-refractivity contribution in [1.29, 1.82) is 0 Å². The van der Waals surface area contributed by atoms with E-state index in [9.17, 15) is 4.79 Å². The van der Waals surface area contributed by atoms with Gasteiger partial charge in [0, 0.05) is 18.1 Å². The molecule has 0 spiro atoms. The molecule has 1 heterocycles. The maximum atomic E-state index is 11.1. The summed E-state index contributed by atoms with van der Waals surface area (Å²) in [6.07, 6.45) is 0.822. The average molecular weight is 184 g/mol. The Balaban J connectivity index is 2.32. The molecule has 0 unspecified atom stereocenters. The molecule has 3 heteroatoms. The second kappa shape index (κ2) is 2.54. The Morgan fingerprint density at radius 3 is 3.00 bits per heavy atom. The minimum Gasteiger partial charge on any atom is -0.268 e. The molecule has 1 aliphatic carbocycles. The number of H-pyrrole nitrogens is 1. The number of rotatable bonds is 0.